The Balaban J connectivity index is 2.62. The molecule has 0 saturated heterocycles. The number of hydrogen-bond donors (Lipinski definition) is 0. The standard InChI is InChI=1S/C19H22ClNO4S/c1-4-24-18(22)15-11(3)21-14(10-26)17(19(23)25-5-2)16(15)12-7-6-8-13(20)9-12/h6-10,14-17H,4-5H2,1-3H3. The lowest BCUT2D eigenvalue weighted by Gasteiger charge is -2.37. The fourth-order valence-corrected chi connectivity index (χ4v) is 3.81. The molecule has 5 nitrogen and oxygen atoms in total. The predicted octanol–water partition coefficient (Wildman–Crippen LogP) is 3.63. The van der Waals surface area contributed by atoms with Crippen LogP contribution in [0.25, 0.3) is 0 Å². The summed E-state index contributed by atoms with van der Waals surface area (Å²) >= 11 is 11.3. The minimum atomic E-state index is -0.718. The van der Waals surface area contributed by atoms with E-state index in [2.05, 4.69) is 4.99 Å². The van der Waals surface area contributed by atoms with Crippen LogP contribution in [-0.4, -0.2) is 42.3 Å². The van der Waals surface area contributed by atoms with Crippen molar-refractivity contribution in [3.63, 3.8) is 0 Å². The Morgan fingerprint density at radius 3 is 2.46 bits per heavy atom. The summed E-state index contributed by atoms with van der Waals surface area (Å²) < 4.78 is 10.5. The molecule has 0 saturated carbocycles. The molecule has 26 heavy (non-hydrogen) atoms. The van der Waals surface area contributed by atoms with Gasteiger partial charge in [0.2, 0.25) is 0 Å². The molecule has 0 aliphatic carbocycles. The Kier molecular flexibility index (Phi) is 7.29. The molecule has 0 amide bonds. The molecule has 0 spiro atoms. The van der Waals surface area contributed by atoms with E-state index in [0.717, 1.165) is 5.56 Å². The SMILES string of the molecule is CCOC(=O)C1C(C)=NC(C=S)C(C(=O)OCC)C1c1cccc(Cl)c1. The topological polar surface area (TPSA) is 65.0 Å². The summed E-state index contributed by atoms with van der Waals surface area (Å²) in [5.41, 5.74) is 1.34. The maximum Gasteiger partial charge on any atom is 0.315 e. The number of carbonyl (C=O) groups is 2. The minimum absolute atomic E-state index is 0.231. The Labute approximate surface area is 163 Å². The summed E-state index contributed by atoms with van der Waals surface area (Å²) in [6.45, 7) is 5.70. The van der Waals surface area contributed by atoms with Gasteiger partial charge < -0.3 is 9.47 Å². The third-order valence-corrected chi connectivity index (χ3v) is 4.90. The number of halogens is 1. The Bertz CT molecular complexity index is 721. The molecular formula is C19H22ClNO4S. The van der Waals surface area contributed by atoms with Crippen LogP contribution < -0.4 is 0 Å². The van der Waals surface area contributed by atoms with Gasteiger partial charge in [-0.2, -0.15) is 0 Å². The second kappa shape index (κ2) is 9.24. The summed E-state index contributed by atoms with van der Waals surface area (Å²) in [4.78, 5) is 29.9. The van der Waals surface area contributed by atoms with Crippen molar-refractivity contribution in [1.82, 2.24) is 0 Å². The van der Waals surface area contributed by atoms with E-state index in [1.807, 2.05) is 6.07 Å². The van der Waals surface area contributed by atoms with Crippen LogP contribution in [0.2, 0.25) is 5.02 Å². The molecular weight excluding hydrogens is 374 g/mol. The third-order valence-electron chi connectivity index (χ3n) is 4.39. The first kappa shape index (κ1) is 20.5. The molecule has 4 unspecified atom stereocenters. The van der Waals surface area contributed by atoms with Crippen LogP contribution in [0.15, 0.2) is 29.3 Å². The van der Waals surface area contributed by atoms with Gasteiger partial charge in [-0.25, -0.2) is 0 Å². The minimum Gasteiger partial charge on any atom is -0.466 e. The van der Waals surface area contributed by atoms with Gasteiger partial charge in [0.15, 0.2) is 0 Å². The lowest BCUT2D eigenvalue weighted by molar-refractivity contribution is -0.152. The number of thiocarbonyl (C=S) groups is 1. The van der Waals surface area contributed by atoms with Gasteiger partial charge in [0.25, 0.3) is 0 Å². The van der Waals surface area contributed by atoms with Gasteiger partial charge >= 0.3 is 11.9 Å². The summed E-state index contributed by atoms with van der Waals surface area (Å²) in [5.74, 6) is -2.79. The molecule has 1 aliphatic rings. The zero-order valence-corrected chi connectivity index (χ0v) is 16.5. The predicted molar refractivity (Wildman–Crippen MR) is 105 cm³/mol. The number of benzene rings is 1. The second-order valence-corrected chi connectivity index (χ2v) is 6.69. The fourth-order valence-electron chi connectivity index (χ4n) is 3.38. The zero-order valence-electron chi connectivity index (χ0n) is 15.0. The summed E-state index contributed by atoms with van der Waals surface area (Å²) in [6.07, 6.45) is 0. The zero-order chi connectivity index (χ0) is 19.3. The molecule has 1 aromatic rings. The molecule has 0 fully saturated rings. The van der Waals surface area contributed by atoms with Gasteiger partial charge in [0.1, 0.15) is 5.92 Å². The molecule has 1 aliphatic heterocycles. The van der Waals surface area contributed by atoms with Gasteiger partial charge in [-0.3, -0.25) is 14.6 Å². The highest BCUT2D eigenvalue weighted by molar-refractivity contribution is 7.79. The molecule has 0 aromatic heterocycles. The number of nitrogens with zero attached hydrogens (tertiary/aromatic N) is 1. The van der Waals surface area contributed by atoms with Crippen molar-refractivity contribution >= 4 is 46.8 Å². The van der Waals surface area contributed by atoms with E-state index in [1.165, 1.54) is 5.37 Å². The maximum absolute atomic E-state index is 12.7. The molecule has 2 rings (SSSR count). The maximum atomic E-state index is 12.7. The summed E-state index contributed by atoms with van der Waals surface area (Å²) in [6, 6.07) is 6.57. The first-order valence-electron chi connectivity index (χ1n) is 8.52. The number of carbonyl (C=O) groups excluding carboxylic acids is 2. The van der Waals surface area contributed by atoms with Crippen molar-refractivity contribution in [3.8, 4) is 0 Å². The number of rotatable bonds is 6. The second-order valence-electron chi connectivity index (χ2n) is 5.99. The molecule has 0 bridgehead atoms. The van der Waals surface area contributed by atoms with Crippen molar-refractivity contribution in [2.24, 2.45) is 16.8 Å². The van der Waals surface area contributed by atoms with Crippen molar-refractivity contribution < 1.29 is 19.1 Å². The lowest BCUT2D eigenvalue weighted by atomic mass is 9.70. The van der Waals surface area contributed by atoms with E-state index in [9.17, 15) is 9.59 Å². The third kappa shape index (κ3) is 4.30. The average Bonchev–Trinajstić information content (AvgIpc) is 2.60. The largest absolute Gasteiger partial charge is 0.466 e. The molecule has 4 atom stereocenters. The van der Waals surface area contributed by atoms with Crippen LogP contribution in [0.1, 0.15) is 32.3 Å². The Hall–Kier alpha value is -1.79. The molecule has 0 N–H and O–H groups in total. The Morgan fingerprint density at radius 2 is 1.88 bits per heavy atom. The number of hydrogen-bond acceptors (Lipinski definition) is 6. The van der Waals surface area contributed by atoms with Crippen molar-refractivity contribution in [1.29, 1.82) is 0 Å². The summed E-state index contributed by atoms with van der Waals surface area (Å²) in [5, 5.41) is 1.97. The van der Waals surface area contributed by atoms with E-state index in [4.69, 9.17) is 33.3 Å². The number of ether oxygens (including phenoxy) is 2. The van der Waals surface area contributed by atoms with E-state index in [0.29, 0.717) is 10.7 Å². The van der Waals surface area contributed by atoms with E-state index in [1.54, 1.807) is 39.0 Å². The van der Waals surface area contributed by atoms with Crippen LogP contribution in [0.5, 0.6) is 0 Å². The normalized spacial score (nSPS) is 25.2. The van der Waals surface area contributed by atoms with E-state index < -0.39 is 35.7 Å². The van der Waals surface area contributed by atoms with Gasteiger partial charge in [0, 0.05) is 22.0 Å². The highest BCUT2D eigenvalue weighted by atomic mass is 35.5. The monoisotopic (exact) mass is 395 g/mol. The highest BCUT2D eigenvalue weighted by Crippen LogP contribution is 2.41. The molecule has 1 aromatic carbocycles. The van der Waals surface area contributed by atoms with Crippen LogP contribution in [-0.2, 0) is 19.1 Å². The Morgan fingerprint density at radius 1 is 1.23 bits per heavy atom. The smallest absolute Gasteiger partial charge is 0.315 e. The van der Waals surface area contributed by atoms with E-state index in [-0.39, 0.29) is 13.2 Å². The number of esters is 2. The number of aliphatic imine (C=N–C) groups is 1. The van der Waals surface area contributed by atoms with Gasteiger partial charge in [-0.15, -0.1) is 0 Å². The molecule has 1 heterocycles. The van der Waals surface area contributed by atoms with Crippen LogP contribution in [0.3, 0.4) is 0 Å². The first-order valence-corrected chi connectivity index (χ1v) is 9.37. The van der Waals surface area contributed by atoms with Crippen LogP contribution in [0.4, 0.5) is 0 Å². The van der Waals surface area contributed by atoms with Crippen molar-refractivity contribution in [3.05, 3.63) is 34.9 Å². The molecule has 140 valence electrons. The van der Waals surface area contributed by atoms with E-state index >= 15 is 0 Å². The van der Waals surface area contributed by atoms with Crippen molar-refractivity contribution in [2.75, 3.05) is 13.2 Å². The quantitative estimate of drug-likeness (QED) is 0.543. The lowest BCUT2D eigenvalue weighted by Crippen LogP contribution is -2.47. The fraction of sp³-hybridized carbons (Fsp3) is 0.474. The average molecular weight is 396 g/mol. The molecule has 0 radical (unpaired) electrons. The van der Waals surface area contributed by atoms with Crippen molar-refractivity contribution in [2.45, 2.75) is 32.7 Å². The van der Waals surface area contributed by atoms with Crippen LogP contribution >= 0.6 is 23.8 Å². The van der Waals surface area contributed by atoms with Gasteiger partial charge in [-0.05, 0) is 38.5 Å². The van der Waals surface area contributed by atoms with Crippen LogP contribution in [0, 0.1) is 11.8 Å². The highest BCUT2D eigenvalue weighted by Gasteiger charge is 2.48. The van der Waals surface area contributed by atoms with Gasteiger partial charge in [0.05, 0.1) is 25.2 Å². The molecule has 7 heteroatoms. The summed E-state index contributed by atoms with van der Waals surface area (Å²) in [7, 11) is 0. The first-order chi connectivity index (χ1) is 12.4. The van der Waals surface area contributed by atoms with Gasteiger partial charge in [-0.1, -0.05) is 36.0 Å².